The van der Waals surface area contributed by atoms with Crippen LogP contribution in [0.15, 0.2) is 42.5 Å². The molecule has 0 N–H and O–H groups in total. The molecule has 3 aromatic rings. The highest BCUT2D eigenvalue weighted by Crippen LogP contribution is 2.42. The van der Waals surface area contributed by atoms with Crippen LogP contribution < -0.4 is 0 Å². The van der Waals surface area contributed by atoms with E-state index in [0.29, 0.717) is 5.39 Å². The normalized spacial score (nSPS) is 15.3. The molecule has 1 heterocycles. The van der Waals surface area contributed by atoms with Gasteiger partial charge in [-0.3, -0.25) is 0 Å². The lowest BCUT2D eigenvalue weighted by molar-refractivity contribution is 0.639. The summed E-state index contributed by atoms with van der Waals surface area (Å²) in [5, 5.41) is 1.69. The summed E-state index contributed by atoms with van der Waals surface area (Å²) in [6, 6.07) is 13.5. The van der Waals surface area contributed by atoms with Crippen molar-refractivity contribution in [2.24, 2.45) is 0 Å². The number of hydrogen-bond donors (Lipinski definition) is 0. The number of benzene rings is 2. The Morgan fingerprint density at radius 2 is 1.86 bits per heavy atom. The molecule has 106 valence electrons. The van der Waals surface area contributed by atoms with E-state index in [4.69, 9.17) is 0 Å². The molecule has 21 heavy (non-hydrogen) atoms. The third-order valence-corrected chi connectivity index (χ3v) is 6.78. The highest BCUT2D eigenvalue weighted by molar-refractivity contribution is 9.09. The molecule has 0 amide bonds. The van der Waals surface area contributed by atoms with Crippen molar-refractivity contribution in [2.45, 2.75) is 24.1 Å². The van der Waals surface area contributed by atoms with Gasteiger partial charge in [0.25, 0.3) is 0 Å². The van der Waals surface area contributed by atoms with Gasteiger partial charge >= 0.3 is 0 Å². The quantitative estimate of drug-likeness (QED) is 0.490. The molecule has 0 radical (unpaired) electrons. The number of hydrogen-bond acceptors (Lipinski definition) is 1. The average Bonchev–Trinajstić information content (AvgIpc) is 3.08. The van der Waals surface area contributed by atoms with Crippen LogP contribution in [-0.2, 0) is 12.8 Å². The molecule has 1 aliphatic carbocycles. The van der Waals surface area contributed by atoms with Gasteiger partial charge in [0.15, 0.2) is 0 Å². The van der Waals surface area contributed by atoms with Crippen LogP contribution in [0.2, 0.25) is 0 Å². The number of fused-ring (bicyclic) bond motifs is 2. The predicted octanol–water partition coefficient (Wildman–Crippen LogP) is 6.01. The van der Waals surface area contributed by atoms with Gasteiger partial charge in [0.2, 0.25) is 0 Å². The van der Waals surface area contributed by atoms with E-state index in [1.54, 1.807) is 6.07 Å². The first-order valence-electron chi connectivity index (χ1n) is 7.17. The van der Waals surface area contributed by atoms with Crippen molar-refractivity contribution >= 4 is 38.0 Å². The second kappa shape index (κ2) is 5.22. The molecule has 1 atom stereocenters. The van der Waals surface area contributed by atoms with Crippen molar-refractivity contribution in [1.29, 1.82) is 0 Å². The zero-order valence-corrected chi connectivity index (χ0v) is 13.8. The van der Waals surface area contributed by atoms with Crippen LogP contribution in [-0.4, -0.2) is 0 Å². The molecule has 0 bridgehead atoms. The van der Waals surface area contributed by atoms with E-state index in [0.717, 1.165) is 10.9 Å². The van der Waals surface area contributed by atoms with Crippen molar-refractivity contribution in [3.05, 3.63) is 69.2 Å². The lowest BCUT2D eigenvalue weighted by Crippen LogP contribution is -1.93. The van der Waals surface area contributed by atoms with Crippen LogP contribution in [0.5, 0.6) is 0 Å². The SMILES string of the molecule is Fc1ccc(C(Br)c2cc3c(s2)CCC3)c2ccccc12. The maximum absolute atomic E-state index is 14.0. The fraction of sp³-hybridized carbons (Fsp3) is 0.222. The summed E-state index contributed by atoms with van der Waals surface area (Å²) < 4.78 is 14.0. The lowest BCUT2D eigenvalue weighted by Gasteiger charge is -2.12. The molecule has 1 unspecified atom stereocenters. The molecule has 2 aromatic carbocycles. The Morgan fingerprint density at radius 1 is 1.05 bits per heavy atom. The number of aryl methyl sites for hydroxylation is 2. The Kier molecular flexibility index (Phi) is 3.35. The molecule has 0 spiro atoms. The first-order chi connectivity index (χ1) is 10.2. The van der Waals surface area contributed by atoms with Gasteiger partial charge in [-0.1, -0.05) is 46.3 Å². The number of rotatable bonds is 2. The molecule has 3 heteroatoms. The monoisotopic (exact) mass is 360 g/mol. The van der Waals surface area contributed by atoms with Gasteiger partial charge < -0.3 is 0 Å². The van der Waals surface area contributed by atoms with Crippen molar-refractivity contribution in [2.75, 3.05) is 0 Å². The highest BCUT2D eigenvalue weighted by atomic mass is 79.9. The summed E-state index contributed by atoms with van der Waals surface area (Å²) in [6.07, 6.45) is 3.70. The van der Waals surface area contributed by atoms with Gasteiger partial charge in [-0.05, 0) is 47.9 Å². The molecular formula is C18H14BrFS. The van der Waals surface area contributed by atoms with Gasteiger partial charge in [-0.2, -0.15) is 0 Å². The van der Waals surface area contributed by atoms with E-state index >= 15 is 0 Å². The van der Waals surface area contributed by atoms with Gasteiger partial charge in [0.05, 0.1) is 4.83 Å². The Balaban J connectivity index is 1.83. The Bertz CT molecular complexity index is 800. The van der Waals surface area contributed by atoms with Crippen LogP contribution in [0.25, 0.3) is 10.8 Å². The number of alkyl halides is 1. The molecule has 0 nitrogen and oxygen atoms in total. The Labute approximate surface area is 135 Å². The zero-order chi connectivity index (χ0) is 14.4. The largest absolute Gasteiger partial charge is 0.206 e. The van der Waals surface area contributed by atoms with E-state index < -0.39 is 0 Å². The Hall–Kier alpha value is -1.19. The van der Waals surface area contributed by atoms with Crippen LogP contribution >= 0.6 is 27.3 Å². The van der Waals surface area contributed by atoms with Crippen molar-refractivity contribution in [3.63, 3.8) is 0 Å². The molecule has 0 aliphatic heterocycles. The first-order valence-corrected chi connectivity index (χ1v) is 8.90. The lowest BCUT2D eigenvalue weighted by atomic mass is 10.0. The number of thiophene rings is 1. The van der Waals surface area contributed by atoms with E-state index in [-0.39, 0.29) is 10.6 Å². The minimum absolute atomic E-state index is 0.138. The molecular weight excluding hydrogens is 347 g/mol. The number of halogens is 2. The fourth-order valence-corrected chi connectivity index (χ4v) is 5.20. The highest BCUT2D eigenvalue weighted by Gasteiger charge is 2.21. The van der Waals surface area contributed by atoms with Crippen molar-refractivity contribution in [1.82, 2.24) is 0 Å². The minimum atomic E-state index is -0.150. The smallest absolute Gasteiger partial charge is 0.131 e. The van der Waals surface area contributed by atoms with Crippen LogP contribution in [0, 0.1) is 5.82 Å². The van der Waals surface area contributed by atoms with E-state index in [2.05, 4.69) is 22.0 Å². The van der Waals surface area contributed by atoms with Crippen LogP contribution in [0.3, 0.4) is 0 Å². The zero-order valence-electron chi connectivity index (χ0n) is 11.4. The maximum Gasteiger partial charge on any atom is 0.131 e. The average molecular weight is 361 g/mol. The predicted molar refractivity (Wildman–Crippen MR) is 91.0 cm³/mol. The topological polar surface area (TPSA) is 0 Å². The van der Waals surface area contributed by atoms with Crippen molar-refractivity contribution in [3.8, 4) is 0 Å². The Morgan fingerprint density at radius 3 is 2.67 bits per heavy atom. The van der Waals surface area contributed by atoms with Gasteiger partial charge in [-0.25, -0.2) is 4.39 Å². The third-order valence-electron chi connectivity index (χ3n) is 4.19. The van der Waals surface area contributed by atoms with Gasteiger partial charge in [0.1, 0.15) is 5.82 Å². The van der Waals surface area contributed by atoms with E-state index in [1.165, 1.54) is 34.6 Å². The van der Waals surface area contributed by atoms with Crippen molar-refractivity contribution < 1.29 is 4.39 Å². The standard InChI is InChI=1S/C18H14BrFS/c19-18(17-10-11-4-3-7-16(11)21-17)14-8-9-15(20)13-6-2-1-5-12(13)14/h1-2,5-6,8-10,18H,3-4,7H2. The third kappa shape index (κ3) is 2.23. The first kappa shape index (κ1) is 13.5. The summed E-state index contributed by atoms with van der Waals surface area (Å²) in [7, 11) is 0. The van der Waals surface area contributed by atoms with Gasteiger partial charge in [0, 0.05) is 15.1 Å². The summed E-state index contributed by atoms with van der Waals surface area (Å²) in [4.78, 5) is 3.00. The summed E-state index contributed by atoms with van der Waals surface area (Å²) in [5.74, 6) is -0.150. The second-order valence-electron chi connectivity index (χ2n) is 5.50. The molecule has 1 aromatic heterocycles. The molecule has 0 fully saturated rings. The fourth-order valence-electron chi connectivity index (χ4n) is 3.14. The molecule has 0 saturated heterocycles. The van der Waals surface area contributed by atoms with Gasteiger partial charge in [-0.15, -0.1) is 11.3 Å². The maximum atomic E-state index is 14.0. The summed E-state index contributed by atoms with van der Waals surface area (Å²) in [6.45, 7) is 0. The van der Waals surface area contributed by atoms with Crippen LogP contribution in [0.4, 0.5) is 4.39 Å². The second-order valence-corrected chi connectivity index (χ2v) is 7.58. The summed E-state index contributed by atoms with van der Waals surface area (Å²) >= 11 is 5.73. The minimum Gasteiger partial charge on any atom is -0.206 e. The van der Waals surface area contributed by atoms with Crippen LogP contribution in [0.1, 0.15) is 32.1 Å². The van der Waals surface area contributed by atoms with E-state index in [9.17, 15) is 4.39 Å². The summed E-state index contributed by atoms with van der Waals surface area (Å²) in [5.41, 5.74) is 2.65. The molecule has 0 saturated carbocycles. The molecule has 1 aliphatic rings. The van der Waals surface area contributed by atoms with E-state index in [1.807, 2.05) is 41.7 Å². The molecule has 4 rings (SSSR count).